The van der Waals surface area contributed by atoms with Crippen LogP contribution in [0.3, 0.4) is 0 Å². The van der Waals surface area contributed by atoms with Gasteiger partial charge in [-0.25, -0.2) is 0 Å². The molecule has 0 aliphatic carbocycles. The van der Waals surface area contributed by atoms with Crippen molar-refractivity contribution in [3.63, 3.8) is 0 Å². The van der Waals surface area contributed by atoms with Gasteiger partial charge in [-0.15, -0.1) is 12.4 Å². The summed E-state index contributed by atoms with van der Waals surface area (Å²) in [7, 11) is 0. The molecule has 2 N–H and O–H groups in total. The van der Waals surface area contributed by atoms with Crippen molar-refractivity contribution in [3.05, 3.63) is 64.7 Å². The summed E-state index contributed by atoms with van der Waals surface area (Å²) < 4.78 is 0. The van der Waals surface area contributed by atoms with Crippen molar-refractivity contribution in [2.75, 3.05) is 11.9 Å². The van der Waals surface area contributed by atoms with Crippen molar-refractivity contribution in [3.8, 4) is 0 Å². The minimum Gasteiger partial charge on any atom is -0.322 e. The fourth-order valence-electron chi connectivity index (χ4n) is 2.90. The Bertz CT molecular complexity index is 650. The quantitative estimate of drug-likeness (QED) is 0.807. The molecule has 1 aliphatic heterocycles. The van der Waals surface area contributed by atoms with E-state index in [4.69, 9.17) is 11.6 Å². The molecule has 128 valence electrons. The van der Waals surface area contributed by atoms with E-state index in [9.17, 15) is 4.79 Å². The Labute approximate surface area is 154 Å². The number of rotatable bonds is 5. The van der Waals surface area contributed by atoms with Crippen molar-refractivity contribution in [1.29, 1.82) is 0 Å². The van der Waals surface area contributed by atoms with Crippen molar-refractivity contribution >= 4 is 35.6 Å². The van der Waals surface area contributed by atoms with E-state index in [2.05, 4.69) is 22.8 Å². The van der Waals surface area contributed by atoms with E-state index in [1.165, 1.54) is 24.8 Å². The molecule has 1 fully saturated rings. The van der Waals surface area contributed by atoms with Gasteiger partial charge in [0.2, 0.25) is 0 Å². The zero-order valence-corrected chi connectivity index (χ0v) is 15.0. The fraction of sp³-hybridized carbons (Fsp3) is 0.316. The molecule has 2 aromatic rings. The zero-order chi connectivity index (χ0) is 16.1. The highest BCUT2D eigenvalue weighted by molar-refractivity contribution is 6.30. The molecule has 2 aromatic carbocycles. The van der Waals surface area contributed by atoms with Gasteiger partial charge in [0.05, 0.1) is 0 Å². The average Bonchev–Trinajstić information content (AvgIpc) is 3.08. The Morgan fingerprint density at radius 1 is 1.12 bits per heavy atom. The van der Waals surface area contributed by atoms with Crippen LogP contribution in [0.5, 0.6) is 0 Å². The monoisotopic (exact) mass is 364 g/mol. The first-order valence-electron chi connectivity index (χ1n) is 8.10. The van der Waals surface area contributed by atoms with Crippen LogP contribution in [0.1, 0.15) is 35.2 Å². The SMILES string of the molecule is Cl.O=C(Nc1ccc(CCC2CCCN2)cc1)c1ccc(Cl)cc1. The molecule has 0 bridgehead atoms. The molecule has 3 nitrogen and oxygen atoms in total. The second kappa shape index (κ2) is 9.07. The summed E-state index contributed by atoms with van der Waals surface area (Å²) in [5.41, 5.74) is 2.72. The predicted molar refractivity (Wildman–Crippen MR) is 102 cm³/mol. The lowest BCUT2D eigenvalue weighted by Gasteiger charge is -2.10. The standard InChI is InChI=1S/C19H21ClN2O.ClH/c20-16-8-6-15(7-9-16)19(23)22-18-11-4-14(5-12-18)3-10-17-2-1-13-21-17;/h4-9,11-12,17,21H,1-3,10,13H2,(H,22,23);1H. The van der Waals surface area contributed by atoms with Gasteiger partial charge in [-0.2, -0.15) is 0 Å². The summed E-state index contributed by atoms with van der Waals surface area (Å²) in [6.45, 7) is 1.15. The number of hydrogen-bond donors (Lipinski definition) is 2. The molecule has 3 rings (SSSR count). The van der Waals surface area contributed by atoms with Crippen LogP contribution in [0.25, 0.3) is 0 Å². The van der Waals surface area contributed by atoms with Crippen LogP contribution in [0.15, 0.2) is 48.5 Å². The molecule has 1 saturated heterocycles. The second-order valence-corrected chi connectivity index (χ2v) is 6.43. The lowest BCUT2D eigenvalue weighted by molar-refractivity contribution is 0.102. The van der Waals surface area contributed by atoms with Crippen LogP contribution < -0.4 is 10.6 Å². The van der Waals surface area contributed by atoms with Gasteiger partial charge in [-0.3, -0.25) is 4.79 Å². The number of aryl methyl sites for hydroxylation is 1. The molecule has 24 heavy (non-hydrogen) atoms. The maximum Gasteiger partial charge on any atom is 0.255 e. The van der Waals surface area contributed by atoms with Gasteiger partial charge in [-0.1, -0.05) is 23.7 Å². The number of amides is 1. The number of hydrogen-bond acceptors (Lipinski definition) is 2. The van der Waals surface area contributed by atoms with Crippen LogP contribution in [-0.4, -0.2) is 18.5 Å². The van der Waals surface area contributed by atoms with Gasteiger partial charge in [-0.05, 0) is 74.2 Å². The highest BCUT2D eigenvalue weighted by Crippen LogP contribution is 2.16. The largest absolute Gasteiger partial charge is 0.322 e. The molecule has 0 aromatic heterocycles. The Hall–Kier alpha value is -1.55. The molecule has 0 saturated carbocycles. The van der Waals surface area contributed by atoms with E-state index >= 15 is 0 Å². The van der Waals surface area contributed by atoms with Crippen molar-refractivity contribution < 1.29 is 4.79 Å². The van der Waals surface area contributed by atoms with E-state index in [0.29, 0.717) is 16.6 Å². The molecule has 1 atom stereocenters. The topological polar surface area (TPSA) is 41.1 Å². The number of carbonyl (C=O) groups excluding carboxylic acids is 1. The third kappa shape index (κ3) is 5.23. The maximum absolute atomic E-state index is 12.1. The normalized spacial score (nSPS) is 16.5. The van der Waals surface area contributed by atoms with Gasteiger partial charge in [0.15, 0.2) is 0 Å². The van der Waals surface area contributed by atoms with Crippen LogP contribution in [0.4, 0.5) is 5.69 Å². The lowest BCUT2D eigenvalue weighted by Crippen LogP contribution is -2.21. The first kappa shape index (κ1) is 18.8. The van der Waals surface area contributed by atoms with Gasteiger partial charge in [0.25, 0.3) is 5.91 Å². The molecule has 1 heterocycles. The molecular formula is C19H22Cl2N2O. The number of benzene rings is 2. The average molecular weight is 365 g/mol. The Morgan fingerprint density at radius 3 is 2.46 bits per heavy atom. The first-order valence-corrected chi connectivity index (χ1v) is 8.48. The smallest absolute Gasteiger partial charge is 0.255 e. The Morgan fingerprint density at radius 2 is 1.83 bits per heavy atom. The van der Waals surface area contributed by atoms with Gasteiger partial charge < -0.3 is 10.6 Å². The molecule has 1 unspecified atom stereocenters. The van der Waals surface area contributed by atoms with E-state index in [1.807, 2.05) is 12.1 Å². The maximum atomic E-state index is 12.1. The fourth-order valence-corrected chi connectivity index (χ4v) is 3.03. The minimum atomic E-state index is -0.121. The van der Waals surface area contributed by atoms with E-state index < -0.39 is 0 Å². The molecule has 1 aliphatic rings. The first-order chi connectivity index (χ1) is 11.2. The number of carbonyl (C=O) groups is 1. The summed E-state index contributed by atoms with van der Waals surface area (Å²) >= 11 is 5.83. The summed E-state index contributed by atoms with van der Waals surface area (Å²) in [5.74, 6) is -0.121. The van der Waals surface area contributed by atoms with Crippen LogP contribution >= 0.6 is 24.0 Å². The summed E-state index contributed by atoms with van der Waals surface area (Å²) in [6, 6.07) is 15.7. The highest BCUT2D eigenvalue weighted by atomic mass is 35.5. The summed E-state index contributed by atoms with van der Waals surface area (Å²) in [5, 5.41) is 7.06. The Balaban J connectivity index is 0.00000208. The molecule has 5 heteroatoms. The van der Waals surface area contributed by atoms with E-state index in [-0.39, 0.29) is 18.3 Å². The van der Waals surface area contributed by atoms with Crippen LogP contribution in [0, 0.1) is 0 Å². The molecule has 0 spiro atoms. The molecule has 0 radical (unpaired) electrons. The van der Waals surface area contributed by atoms with Gasteiger partial charge >= 0.3 is 0 Å². The van der Waals surface area contributed by atoms with Crippen LogP contribution in [-0.2, 0) is 6.42 Å². The number of halogens is 2. The third-order valence-corrected chi connectivity index (χ3v) is 4.51. The van der Waals surface area contributed by atoms with Crippen molar-refractivity contribution in [2.24, 2.45) is 0 Å². The summed E-state index contributed by atoms with van der Waals surface area (Å²) in [4.78, 5) is 12.1. The van der Waals surface area contributed by atoms with E-state index in [1.54, 1.807) is 24.3 Å². The predicted octanol–water partition coefficient (Wildman–Crippen LogP) is 4.70. The zero-order valence-electron chi connectivity index (χ0n) is 13.4. The summed E-state index contributed by atoms with van der Waals surface area (Å²) in [6.07, 6.45) is 4.83. The highest BCUT2D eigenvalue weighted by Gasteiger charge is 2.13. The molecular weight excluding hydrogens is 343 g/mol. The number of nitrogens with one attached hydrogen (secondary N) is 2. The number of anilines is 1. The van der Waals surface area contributed by atoms with Gasteiger partial charge in [0.1, 0.15) is 0 Å². The lowest BCUT2D eigenvalue weighted by atomic mass is 10.0. The van der Waals surface area contributed by atoms with Crippen molar-refractivity contribution in [1.82, 2.24) is 5.32 Å². The van der Waals surface area contributed by atoms with Crippen molar-refractivity contribution in [2.45, 2.75) is 31.7 Å². The molecule has 1 amide bonds. The van der Waals surface area contributed by atoms with Gasteiger partial charge in [0, 0.05) is 22.3 Å². The second-order valence-electron chi connectivity index (χ2n) is 5.99. The third-order valence-electron chi connectivity index (χ3n) is 4.26. The minimum absolute atomic E-state index is 0. The van der Waals surface area contributed by atoms with Crippen LogP contribution in [0.2, 0.25) is 5.02 Å². The van der Waals surface area contributed by atoms with E-state index in [0.717, 1.165) is 18.7 Å². The Kier molecular flexibility index (Phi) is 7.10.